The molecule has 0 aliphatic rings. The van der Waals surface area contributed by atoms with Crippen molar-refractivity contribution in [3.8, 4) is 22.3 Å². The molecule has 0 saturated heterocycles. The highest BCUT2D eigenvalue weighted by molar-refractivity contribution is 7.91. The summed E-state index contributed by atoms with van der Waals surface area (Å²) in [5.41, 5.74) is 5.03. The van der Waals surface area contributed by atoms with Crippen molar-refractivity contribution in [3.05, 3.63) is 90.1 Å². The minimum absolute atomic E-state index is 0.219. The topological polar surface area (TPSA) is 84.3 Å². The number of carboxylic acid groups (broad SMARTS) is 1. The maximum absolute atomic E-state index is 12.5. The van der Waals surface area contributed by atoms with E-state index in [0.717, 1.165) is 33.2 Å². The molecule has 0 saturated carbocycles. The second-order valence-electron chi connectivity index (χ2n) is 8.35. The number of hydrogen-bond donors (Lipinski definition) is 1. The largest absolute Gasteiger partial charge is 0.478 e. The van der Waals surface area contributed by atoms with Gasteiger partial charge in [0.1, 0.15) is 0 Å². The molecule has 0 fully saturated rings. The van der Waals surface area contributed by atoms with Gasteiger partial charge in [0.15, 0.2) is 9.84 Å². The molecular formula is C26H23NO4S. The Morgan fingerprint density at radius 2 is 1.53 bits per heavy atom. The number of pyridine rings is 1. The molecule has 0 spiro atoms. The summed E-state index contributed by atoms with van der Waals surface area (Å²) in [6, 6.07) is 22.1. The van der Waals surface area contributed by atoms with E-state index in [0.29, 0.717) is 5.56 Å². The molecule has 5 nitrogen and oxygen atoms in total. The van der Waals surface area contributed by atoms with Crippen molar-refractivity contribution in [2.45, 2.75) is 18.6 Å². The zero-order valence-corrected chi connectivity index (χ0v) is 18.8. The molecule has 0 unspecified atom stereocenters. The minimum Gasteiger partial charge on any atom is -0.478 e. The first kappa shape index (κ1) is 21.7. The number of aromatic carboxylic acids is 1. The molecule has 162 valence electrons. The van der Waals surface area contributed by atoms with Gasteiger partial charge in [0.25, 0.3) is 0 Å². The van der Waals surface area contributed by atoms with Crippen LogP contribution in [-0.4, -0.2) is 30.7 Å². The Morgan fingerprint density at radius 3 is 2.22 bits per heavy atom. The van der Waals surface area contributed by atoms with Crippen molar-refractivity contribution >= 4 is 26.7 Å². The third-order valence-corrected chi connectivity index (χ3v) is 8.03. The van der Waals surface area contributed by atoms with E-state index < -0.39 is 20.6 Å². The molecule has 1 N–H and O–H groups in total. The first-order chi connectivity index (χ1) is 15.1. The van der Waals surface area contributed by atoms with Crippen LogP contribution < -0.4 is 0 Å². The maximum Gasteiger partial charge on any atom is 0.335 e. The molecule has 3 aromatic carbocycles. The summed E-state index contributed by atoms with van der Waals surface area (Å²) in [4.78, 5) is 15.9. The Balaban J connectivity index is 1.94. The number of sulfone groups is 1. The molecule has 4 aromatic rings. The van der Waals surface area contributed by atoms with Crippen molar-refractivity contribution in [1.29, 1.82) is 0 Å². The van der Waals surface area contributed by atoms with Crippen LogP contribution in [0.3, 0.4) is 0 Å². The lowest BCUT2D eigenvalue weighted by molar-refractivity contribution is 0.0697. The second kappa shape index (κ2) is 7.88. The summed E-state index contributed by atoms with van der Waals surface area (Å²) in [6.07, 6.45) is 2.96. The quantitative estimate of drug-likeness (QED) is 0.436. The van der Waals surface area contributed by atoms with Gasteiger partial charge in [0.2, 0.25) is 0 Å². The highest BCUT2D eigenvalue weighted by Crippen LogP contribution is 2.37. The van der Waals surface area contributed by atoms with Crippen molar-refractivity contribution in [2.24, 2.45) is 0 Å². The van der Waals surface area contributed by atoms with Crippen LogP contribution >= 0.6 is 0 Å². The molecule has 0 aliphatic heterocycles. The van der Waals surface area contributed by atoms with Crippen LogP contribution in [0.5, 0.6) is 0 Å². The van der Waals surface area contributed by atoms with Crippen molar-refractivity contribution in [2.75, 3.05) is 6.26 Å². The van der Waals surface area contributed by atoms with Crippen molar-refractivity contribution in [1.82, 2.24) is 4.98 Å². The van der Waals surface area contributed by atoms with Gasteiger partial charge in [-0.25, -0.2) is 13.2 Å². The molecule has 0 amide bonds. The Bertz CT molecular complexity index is 1460. The van der Waals surface area contributed by atoms with Crippen LogP contribution in [0.25, 0.3) is 33.2 Å². The summed E-state index contributed by atoms with van der Waals surface area (Å²) < 4.78 is 23.9. The van der Waals surface area contributed by atoms with Crippen molar-refractivity contribution in [3.63, 3.8) is 0 Å². The van der Waals surface area contributed by atoms with Crippen LogP contribution in [0, 0.1) is 0 Å². The summed E-state index contributed by atoms with van der Waals surface area (Å²) >= 11 is 0. The molecule has 1 heterocycles. The average Bonchev–Trinajstić information content (AvgIpc) is 2.77. The van der Waals surface area contributed by atoms with Crippen LogP contribution in [0.15, 0.2) is 79.0 Å². The van der Waals surface area contributed by atoms with Crippen LogP contribution in [-0.2, 0) is 14.6 Å². The van der Waals surface area contributed by atoms with Crippen LogP contribution in [0.2, 0.25) is 0 Å². The van der Waals surface area contributed by atoms with E-state index in [1.54, 1.807) is 38.2 Å². The number of nitrogens with zero attached hydrogens (tertiary/aromatic N) is 1. The minimum atomic E-state index is -3.36. The van der Waals surface area contributed by atoms with E-state index in [2.05, 4.69) is 4.98 Å². The van der Waals surface area contributed by atoms with Gasteiger partial charge in [-0.1, -0.05) is 36.4 Å². The van der Waals surface area contributed by atoms with E-state index >= 15 is 0 Å². The van der Waals surface area contributed by atoms with E-state index in [-0.39, 0.29) is 5.56 Å². The van der Waals surface area contributed by atoms with E-state index in [9.17, 15) is 18.3 Å². The molecule has 0 aliphatic carbocycles. The first-order valence-corrected chi connectivity index (χ1v) is 12.0. The fourth-order valence-electron chi connectivity index (χ4n) is 3.67. The third kappa shape index (κ3) is 3.89. The number of carbonyl (C=O) groups is 1. The fourth-order valence-corrected chi connectivity index (χ4v) is 4.22. The number of aromatic nitrogens is 1. The zero-order valence-electron chi connectivity index (χ0n) is 18.0. The molecular weight excluding hydrogens is 422 g/mol. The van der Waals surface area contributed by atoms with Gasteiger partial charge in [0.05, 0.1) is 15.8 Å². The maximum atomic E-state index is 12.5. The fraction of sp³-hybridized carbons (Fsp3) is 0.154. The van der Waals surface area contributed by atoms with E-state index in [1.807, 2.05) is 54.6 Å². The Labute approximate surface area is 187 Å². The highest BCUT2D eigenvalue weighted by Gasteiger charge is 2.33. The van der Waals surface area contributed by atoms with Gasteiger partial charge in [-0.05, 0) is 72.5 Å². The lowest BCUT2D eigenvalue weighted by Crippen LogP contribution is -2.28. The standard InChI is InChI=1S/C26H23NO4S/c1-26(2,32(3,30)31)22-15-20-11-6-12-27-24(20)23(16-22)19-9-4-7-17(13-19)18-8-5-10-21(14-18)25(28)29/h4-16H,1-3H3,(H,28,29). The van der Waals surface area contributed by atoms with E-state index in [1.165, 1.54) is 6.26 Å². The van der Waals surface area contributed by atoms with Crippen LogP contribution in [0.1, 0.15) is 29.8 Å². The molecule has 0 radical (unpaired) electrons. The number of fused-ring (bicyclic) bond motifs is 1. The van der Waals surface area contributed by atoms with Gasteiger partial charge in [-0.15, -0.1) is 0 Å². The van der Waals surface area contributed by atoms with Crippen LogP contribution in [0.4, 0.5) is 0 Å². The Morgan fingerprint density at radius 1 is 0.875 bits per heavy atom. The Kier molecular flexibility index (Phi) is 5.34. The van der Waals surface area contributed by atoms with Gasteiger partial charge in [-0.2, -0.15) is 0 Å². The highest BCUT2D eigenvalue weighted by atomic mass is 32.2. The number of benzene rings is 3. The summed E-state index contributed by atoms with van der Waals surface area (Å²) in [5.74, 6) is -0.978. The molecule has 1 aromatic heterocycles. The first-order valence-electron chi connectivity index (χ1n) is 10.1. The summed E-state index contributed by atoms with van der Waals surface area (Å²) in [7, 11) is -3.36. The lowest BCUT2D eigenvalue weighted by atomic mass is 9.92. The smallest absolute Gasteiger partial charge is 0.335 e. The van der Waals surface area contributed by atoms with Gasteiger partial charge < -0.3 is 5.11 Å². The molecule has 0 atom stereocenters. The molecule has 0 bridgehead atoms. The summed E-state index contributed by atoms with van der Waals surface area (Å²) in [5, 5.41) is 10.2. The number of carboxylic acids is 1. The zero-order chi connectivity index (χ0) is 23.1. The van der Waals surface area contributed by atoms with Gasteiger partial charge in [0, 0.05) is 23.4 Å². The Hall–Kier alpha value is -3.51. The predicted molar refractivity (Wildman–Crippen MR) is 127 cm³/mol. The van der Waals surface area contributed by atoms with Gasteiger partial charge in [-0.3, -0.25) is 4.98 Å². The molecule has 4 rings (SSSR count). The predicted octanol–water partition coefficient (Wildman–Crippen LogP) is 5.55. The third-order valence-electron chi connectivity index (χ3n) is 5.94. The molecule has 6 heteroatoms. The average molecular weight is 446 g/mol. The summed E-state index contributed by atoms with van der Waals surface area (Å²) in [6.45, 7) is 3.41. The second-order valence-corrected chi connectivity index (χ2v) is 10.9. The number of hydrogen-bond acceptors (Lipinski definition) is 4. The normalized spacial score (nSPS) is 12.1. The SMILES string of the molecule is CC(C)(c1cc(-c2cccc(-c3cccc(C(=O)O)c3)c2)c2ncccc2c1)S(C)(=O)=O. The monoisotopic (exact) mass is 445 g/mol. The number of rotatable bonds is 5. The van der Waals surface area contributed by atoms with Crippen molar-refractivity contribution < 1.29 is 18.3 Å². The van der Waals surface area contributed by atoms with E-state index in [4.69, 9.17) is 0 Å². The molecule has 32 heavy (non-hydrogen) atoms. The lowest BCUT2D eigenvalue weighted by Gasteiger charge is -2.24. The van der Waals surface area contributed by atoms with Gasteiger partial charge >= 0.3 is 5.97 Å².